The highest BCUT2D eigenvalue weighted by molar-refractivity contribution is 6.32. The lowest BCUT2D eigenvalue weighted by Crippen LogP contribution is -2.15. The van der Waals surface area contributed by atoms with Gasteiger partial charge in [-0.2, -0.15) is 0 Å². The van der Waals surface area contributed by atoms with Crippen molar-refractivity contribution in [2.45, 2.75) is 27.2 Å². The molecule has 0 atom stereocenters. The zero-order valence-corrected chi connectivity index (χ0v) is 14.9. The number of halogens is 1. The van der Waals surface area contributed by atoms with Gasteiger partial charge in [0.2, 0.25) is 11.2 Å². The molecule has 5 heteroatoms. The van der Waals surface area contributed by atoms with E-state index in [1.165, 1.54) is 0 Å². The first-order valence-corrected chi connectivity index (χ1v) is 8.33. The predicted molar refractivity (Wildman–Crippen MR) is 98.3 cm³/mol. The van der Waals surface area contributed by atoms with Gasteiger partial charge in [0, 0.05) is 17.0 Å². The molecule has 0 aliphatic heterocycles. The number of hydrogen-bond donors (Lipinski definition) is 0. The lowest BCUT2D eigenvalue weighted by atomic mass is 10.1. The fraction of sp³-hybridized carbons (Fsp3) is 0.200. The molecule has 0 aliphatic carbocycles. The third kappa shape index (κ3) is 3.30. The van der Waals surface area contributed by atoms with Crippen LogP contribution in [-0.4, -0.2) is 5.97 Å². The van der Waals surface area contributed by atoms with Gasteiger partial charge >= 0.3 is 5.97 Å². The van der Waals surface area contributed by atoms with Gasteiger partial charge in [0.25, 0.3) is 0 Å². The average Bonchev–Trinajstić information content (AvgIpc) is 2.59. The molecule has 0 radical (unpaired) electrons. The number of rotatable bonds is 3. The third-order valence-electron chi connectivity index (χ3n) is 3.95. The fourth-order valence-corrected chi connectivity index (χ4v) is 2.64. The van der Waals surface area contributed by atoms with Crippen LogP contribution >= 0.6 is 11.6 Å². The fourth-order valence-electron chi connectivity index (χ4n) is 2.47. The first kappa shape index (κ1) is 17.2. The molecular formula is C20H17ClO4. The molecule has 0 unspecified atom stereocenters. The number of esters is 1. The molecule has 128 valence electrons. The van der Waals surface area contributed by atoms with Crippen LogP contribution in [0.4, 0.5) is 0 Å². The standard InChI is InChI=1S/C20H17ClO4/c1-4-17(22)25-20-18(23)14-10-15(21)12(3)9-16(14)24-19(20)13-7-5-11(2)6-8-13/h5-10H,4H2,1-3H3. The second kappa shape index (κ2) is 6.73. The van der Waals surface area contributed by atoms with Crippen molar-refractivity contribution in [2.24, 2.45) is 0 Å². The van der Waals surface area contributed by atoms with E-state index in [0.29, 0.717) is 16.2 Å². The van der Waals surface area contributed by atoms with Gasteiger partial charge < -0.3 is 9.15 Å². The molecule has 0 amide bonds. The van der Waals surface area contributed by atoms with E-state index in [0.717, 1.165) is 11.1 Å². The molecule has 1 aromatic heterocycles. The topological polar surface area (TPSA) is 56.5 Å². The molecule has 0 fully saturated rings. The first-order chi connectivity index (χ1) is 11.9. The van der Waals surface area contributed by atoms with Crippen LogP contribution < -0.4 is 10.2 Å². The highest BCUT2D eigenvalue weighted by atomic mass is 35.5. The molecule has 3 aromatic rings. The Bertz CT molecular complexity index is 1020. The van der Waals surface area contributed by atoms with Crippen LogP contribution in [-0.2, 0) is 4.79 Å². The normalized spacial score (nSPS) is 10.9. The van der Waals surface area contributed by atoms with Crippen LogP contribution in [0.5, 0.6) is 5.75 Å². The summed E-state index contributed by atoms with van der Waals surface area (Å²) in [7, 11) is 0. The van der Waals surface area contributed by atoms with Gasteiger partial charge in [0.05, 0.1) is 5.39 Å². The SMILES string of the molecule is CCC(=O)Oc1c(-c2ccc(C)cc2)oc2cc(C)c(Cl)cc2c1=O. The van der Waals surface area contributed by atoms with Crippen molar-refractivity contribution in [2.75, 3.05) is 0 Å². The molecule has 0 saturated heterocycles. The second-order valence-corrected chi connectivity index (χ2v) is 6.29. The molecule has 0 aliphatic rings. The Morgan fingerprint density at radius 3 is 2.48 bits per heavy atom. The van der Waals surface area contributed by atoms with Crippen molar-refractivity contribution in [1.29, 1.82) is 0 Å². The average molecular weight is 357 g/mol. The van der Waals surface area contributed by atoms with E-state index in [4.69, 9.17) is 20.8 Å². The van der Waals surface area contributed by atoms with Gasteiger partial charge in [-0.25, -0.2) is 0 Å². The number of aryl methyl sites for hydroxylation is 2. The molecule has 0 saturated carbocycles. The molecule has 2 aromatic carbocycles. The van der Waals surface area contributed by atoms with Gasteiger partial charge in [-0.05, 0) is 31.5 Å². The van der Waals surface area contributed by atoms with Crippen LogP contribution in [0.3, 0.4) is 0 Å². The molecule has 0 N–H and O–H groups in total. The lowest BCUT2D eigenvalue weighted by molar-refractivity contribution is -0.134. The van der Waals surface area contributed by atoms with Crippen molar-refractivity contribution < 1.29 is 13.9 Å². The maximum Gasteiger partial charge on any atom is 0.311 e. The van der Waals surface area contributed by atoms with Gasteiger partial charge in [-0.3, -0.25) is 9.59 Å². The van der Waals surface area contributed by atoms with E-state index in [-0.39, 0.29) is 23.3 Å². The Labute approximate surface area is 150 Å². The van der Waals surface area contributed by atoms with Crippen LogP contribution in [0.25, 0.3) is 22.3 Å². The van der Waals surface area contributed by atoms with E-state index in [9.17, 15) is 9.59 Å². The number of carbonyl (C=O) groups is 1. The number of benzene rings is 2. The van der Waals surface area contributed by atoms with Crippen LogP contribution in [0.2, 0.25) is 5.02 Å². The largest absolute Gasteiger partial charge is 0.452 e. The van der Waals surface area contributed by atoms with Crippen LogP contribution in [0.1, 0.15) is 24.5 Å². The zero-order valence-electron chi connectivity index (χ0n) is 14.2. The number of ether oxygens (including phenoxy) is 1. The number of hydrogen-bond acceptors (Lipinski definition) is 4. The minimum absolute atomic E-state index is 0.108. The van der Waals surface area contributed by atoms with E-state index < -0.39 is 11.4 Å². The summed E-state index contributed by atoms with van der Waals surface area (Å²) in [6.07, 6.45) is 0.152. The predicted octanol–water partition coefficient (Wildman–Crippen LogP) is 5.05. The quantitative estimate of drug-likeness (QED) is 0.616. The van der Waals surface area contributed by atoms with E-state index in [1.54, 1.807) is 19.1 Å². The molecule has 0 spiro atoms. The van der Waals surface area contributed by atoms with Crippen molar-refractivity contribution in [3.05, 3.63) is 62.8 Å². The lowest BCUT2D eigenvalue weighted by Gasteiger charge is -2.11. The Kier molecular flexibility index (Phi) is 4.64. The summed E-state index contributed by atoms with van der Waals surface area (Å²) in [6, 6.07) is 10.7. The van der Waals surface area contributed by atoms with Crippen molar-refractivity contribution in [1.82, 2.24) is 0 Å². The zero-order chi connectivity index (χ0) is 18.1. The Hall–Kier alpha value is -2.59. The summed E-state index contributed by atoms with van der Waals surface area (Å²) in [5, 5.41) is 0.737. The summed E-state index contributed by atoms with van der Waals surface area (Å²) >= 11 is 6.13. The highest BCUT2D eigenvalue weighted by Crippen LogP contribution is 2.33. The summed E-state index contributed by atoms with van der Waals surface area (Å²) < 4.78 is 11.2. The first-order valence-electron chi connectivity index (χ1n) is 7.95. The molecule has 25 heavy (non-hydrogen) atoms. The summed E-state index contributed by atoms with van der Waals surface area (Å²) in [5.41, 5.74) is 2.52. The summed E-state index contributed by atoms with van der Waals surface area (Å²) in [5.74, 6) is -0.373. The second-order valence-electron chi connectivity index (χ2n) is 5.88. The Balaban J connectivity index is 2.34. The highest BCUT2D eigenvalue weighted by Gasteiger charge is 2.20. The Morgan fingerprint density at radius 1 is 1.16 bits per heavy atom. The van der Waals surface area contributed by atoms with Crippen molar-refractivity contribution in [3.63, 3.8) is 0 Å². The third-order valence-corrected chi connectivity index (χ3v) is 4.36. The smallest absolute Gasteiger partial charge is 0.311 e. The van der Waals surface area contributed by atoms with Gasteiger partial charge in [-0.1, -0.05) is 48.4 Å². The number of fused-ring (bicyclic) bond motifs is 1. The summed E-state index contributed by atoms with van der Waals surface area (Å²) in [6.45, 7) is 5.46. The van der Waals surface area contributed by atoms with Crippen LogP contribution in [0, 0.1) is 13.8 Å². The molecule has 0 bridgehead atoms. The molecule has 1 heterocycles. The van der Waals surface area contributed by atoms with Crippen molar-refractivity contribution in [3.8, 4) is 17.1 Å². The maximum atomic E-state index is 12.9. The molecular weight excluding hydrogens is 340 g/mol. The minimum Gasteiger partial charge on any atom is -0.452 e. The molecule has 4 nitrogen and oxygen atoms in total. The van der Waals surface area contributed by atoms with Gasteiger partial charge in [0.15, 0.2) is 5.76 Å². The summed E-state index contributed by atoms with van der Waals surface area (Å²) in [4.78, 5) is 24.7. The van der Waals surface area contributed by atoms with E-state index in [1.807, 2.05) is 38.1 Å². The molecule has 3 rings (SSSR count). The van der Waals surface area contributed by atoms with Crippen LogP contribution in [0.15, 0.2) is 45.6 Å². The van der Waals surface area contributed by atoms with E-state index >= 15 is 0 Å². The maximum absolute atomic E-state index is 12.9. The van der Waals surface area contributed by atoms with Gasteiger partial charge in [0.1, 0.15) is 5.58 Å². The monoisotopic (exact) mass is 356 g/mol. The van der Waals surface area contributed by atoms with E-state index in [2.05, 4.69) is 0 Å². The number of carbonyl (C=O) groups excluding carboxylic acids is 1. The van der Waals surface area contributed by atoms with Gasteiger partial charge in [-0.15, -0.1) is 0 Å². The van der Waals surface area contributed by atoms with Crippen molar-refractivity contribution >= 4 is 28.5 Å². The Morgan fingerprint density at radius 2 is 1.84 bits per heavy atom. The minimum atomic E-state index is -0.502.